The molecule has 2 amide bonds. The van der Waals surface area contributed by atoms with Crippen molar-refractivity contribution in [2.24, 2.45) is 5.92 Å². The predicted molar refractivity (Wildman–Crippen MR) is 90.8 cm³/mol. The highest BCUT2D eigenvalue weighted by molar-refractivity contribution is 6.40. The number of nitrogens with one attached hydrogen (secondary N) is 1. The summed E-state index contributed by atoms with van der Waals surface area (Å²) in [5.41, 5.74) is 1.23. The second kappa shape index (κ2) is 8.15. The number of amides is 2. The average Bonchev–Trinajstić information content (AvgIpc) is 2.58. The third-order valence-corrected chi connectivity index (χ3v) is 4.52. The molecule has 1 saturated heterocycles. The van der Waals surface area contributed by atoms with E-state index in [-0.39, 0.29) is 11.9 Å². The monoisotopic (exact) mass is 352 g/mol. The molecule has 0 radical (unpaired) electrons. The maximum Gasteiger partial charge on any atom is 0.313 e. The van der Waals surface area contributed by atoms with Gasteiger partial charge >= 0.3 is 17.8 Å². The van der Waals surface area contributed by atoms with Gasteiger partial charge in [0.2, 0.25) is 0 Å². The molecule has 1 aromatic carbocycles. The number of halogens is 1. The number of likely N-dealkylation sites (tertiary alicyclic amines) is 1. The zero-order valence-corrected chi connectivity index (χ0v) is 14.6. The Morgan fingerprint density at radius 3 is 2.58 bits per heavy atom. The number of rotatable bonds is 3. The van der Waals surface area contributed by atoms with E-state index in [4.69, 9.17) is 16.3 Å². The number of benzene rings is 1. The van der Waals surface area contributed by atoms with Crippen LogP contribution in [0.3, 0.4) is 0 Å². The summed E-state index contributed by atoms with van der Waals surface area (Å²) in [6, 6.07) is 5.12. The van der Waals surface area contributed by atoms with Crippen LogP contribution in [-0.2, 0) is 19.1 Å². The van der Waals surface area contributed by atoms with Gasteiger partial charge in [-0.15, -0.1) is 0 Å². The Kier molecular flexibility index (Phi) is 6.20. The van der Waals surface area contributed by atoms with Crippen LogP contribution in [0.5, 0.6) is 0 Å². The Bertz CT molecular complexity index is 639. The van der Waals surface area contributed by atoms with Crippen LogP contribution in [0.2, 0.25) is 5.02 Å². The van der Waals surface area contributed by atoms with E-state index in [0.717, 1.165) is 0 Å². The molecule has 2 rings (SSSR count). The second-order valence-corrected chi connectivity index (χ2v) is 6.09. The van der Waals surface area contributed by atoms with Gasteiger partial charge in [-0.1, -0.05) is 17.7 Å². The van der Waals surface area contributed by atoms with Gasteiger partial charge in [0, 0.05) is 23.8 Å². The molecule has 0 aliphatic carbocycles. The van der Waals surface area contributed by atoms with Crippen molar-refractivity contribution in [2.45, 2.75) is 26.7 Å². The Hall–Kier alpha value is -2.08. The molecule has 1 aromatic rings. The molecule has 24 heavy (non-hydrogen) atoms. The molecule has 0 saturated carbocycles. The summed E-state index contributed by atoms with van der Waals surface area (Å²) in [4.78, 5) is 37.6. The van der Waals surface area contributed by atoms with Gasteiger partial charge in [0.15, 0.2) is 0 Å². The lowest BCUT2D eigenvalue weighted by Crippen LogP contribution is -2.45. The molecule has 1 fully saturated rings. The first kappa shape index (κ1) is 18.3. The van der Waals surface area contributed by atoms with E-state index in [9.17, 15) is 14.4 Å². The van der Waals surface area contributed by atoms with Crippen molar-refractivity contribution < 1.29 is 19.1 Å². The minimum absolute atomic E-state index is 0.202. The normalized spacial score (nSPS) is 15.0. The van der Waals surface area contributed by atoms with Gasteiger partial charge in [0.05, 0.1) is 12.5 Å². The molecule has 1 aliphatic rings. The van der Waals surface area contributed by atoms with Crippen LogP contribution >= 0.6 is 11.6 Å². The maximum atomic E-state index is 12.3. The van der Waals surface area contributed by atoms with E-state index in [1.54, 1.807) is 32.0 Å². The number of hydrogen-bond donors (Lipinski definition) is 1. The molecule has 0 aromatic heterocycles. The van der Waals surface area contributed by atoms with E-state index in [2.05, 4.69) is 5.32 Å². The standard InChI is InChI=1S/C17H21ClN2O4/c1-3-24-17(23)12-7-9-20(10-8-12)16(22)15(21)19-14-6-4-5-13(18)11(14)2/h4-6,12H,3,7-10H2,1-2H3,(H,19,21). The second-order valence-electron chi connectivity index (χ2n) is 5.69. The van der Waals surface area contributed by atoms with Crippen LogP contribution < -0.4 is 5.32 Å². The van der Waals surface area contributed by atoms with Crippen molar-refractivity contribution in [3.05, 3.63) is 28.8 Å². The maximum absolute atomic E-state index is 12.3. The highest BCUT2D eigenvalue weighted by Crippen LogP contribution is 2.23. The highest BCUT2D eigenvalue weighted by atomic mass is 35.5. The van der Waals surface area contributed by atoms with Gasteiger partial charge in [0.25, 0.3) is 0 Å². The summed E-state index contributed by atoms with van der Waals surface area (Å²) in [6.45, 7) is 4.61. The van der Waals surface area contributed by atoms with Crippen LogP contribution in [0.25, 0.3) is 0 Å². The van der Waals surface area contributed by atoms with Crippen molar-refractivity contribution in [1.82, 2.24) is 4.90 Å². The van der Waals surface area contributed by atoms with Gasteiger partial charge < -0.3 is 15.0 Å². The Balaban J connectivity index is 1.92. The van der Waals surface area contributed by atoms with Crippen molar-refractivity contribution >= 4 is 35.1 Å². The van der Waals surface area contributed by atoms with E-state index >= 15 is 0 Å². The molecule has 0 unspecified atom stereocenters. The fourth-order valence-electron chi connectivity index (χ4n) is 2.64. The summed E-state index contributed by atoms with van der Waals surface area (Å²) in [5.74, 6) is -1.73. The lowest BCUT2D eigenvalue weighted by Gasteiger charge is -2.30. The minimum atomic E-state index is -0.699. The first-order valence-corrected chi connectivity index (χ1v) is 8.33. The Morgan fingerprint density at radius 2 is 1.96 bits per heavy atom. The quantitative estimate of drug-likeness (QED) is 0.669. The smallest absolute Gasteiger partial charge is 0.313 e. The molecule has 7 heteroatoms. The SMILES string of the molecule is CCOC(=O)C1CCN(C(=O)C(=O)Nc2cccc(Cl)c2C)CC1. The number of nitrogens with zero attached hydrogens (tertiary/aromatic N) is 1. The molecule has 1 N–H and O–H groups in total. The molecule has 6 nitrogen and oxygen atoms in total. The molecular weight excluding hydrogens is 332 g/mol. The molecule has 0 atom stereocenters. The fraction of sp³-hybridized carbons (Fsp3) is 0.471. The van der Waals surface area contributed by atoms with E-state index in [1.165, 1.54) is 4.90 Å². The number of piperidine rings is 1. The summed E-state index contributed by atoms with van der Waals surface area (Å²) < 4.78 is 4.99. The van der Waals surface area contributed by atoms with Gasteiger partial charge in [-0.2, -0.15) is 0 Å². The minimum Gasteiger partial charge on any atom is -0.466 e. The first-order valence-electron chi connectivity index (χ1n) is 7.96. The van der Waals surface area contributed by atoms with Crippen LogP contribution in [0.1, 0.15) is 25.3 Å². The average molecular weight is 353 g/mol. The fourth-order valence-corrected chi connectivity index (χ4v) is 2.82. The topological polar surface area (TPSA) is 75.7 Å². The van der Waals surface area contributed by atoms with Crippen LogP contribution in [0, 0.1) is 12.8 Å². The summed E-state index contributed by atoms with van der Waals surface area (Å²) >= 11 is 6.01. The number of anilines is 1. The Morgan fingerprint density at radius 1 is 1.29 bits per heavy atom. The number of esters is 1. The largest absolute Gasteiger partial charge is 0.466 e. The molecule has 1 heterocycles. The van der Waals surface area contributed by atoms with Crippen LogP contribution in [0.4, 0.5) is 5.69 Å². The molecular formula is C17H21ClN2O4. The van der Waals surface area contributed by atoms with Crippen molar-refractivity contribution in [2.75, 3.05) is 25.0 Å². The lowest BCUT2D eigenvalue weighted by atomic mass is 9.97. The summed E-state index contributed by atoms with van der Waals surface area (Å²) in [6.07, 6.45) is 1.02. The van der Waals surface area contributed by atoms with E-state index < -0.39 is 11.8 Å². The predicted octanol–water partition coefficient (Wildman–Crippen LogP) is 2.39. The van der Waals surface area contributed by atoms with E-state index in [0.29, 0.717) is 48.8 Å². The number of carbonyl (C=O) groups excluding carboxylic acids is 3. The van der Waals surface area contributed by atoms with Gasteiger partial charge in [-0.25, -0.2) is 0 Å². The molecule has 0 spiro atoms. The molecule has 130 valence electrons. The number of hydrogen-bond acceptors (Lipinski definition) is 4. The number of carbonyl (C=O) groups is 3. The van der Waals surface area contributed by atoms with Crippen LogP contribution in [0.15, 0.2) is 18.2 Å². The molecule has 0 bridgehead atoms. The summed E-state index contributed by atoms with van der Waals surface area (Å²) in [7, 11) is 0. The third kappa shape index (κ3) is 4.26. The zero-order chi connectivity index (χ0) is 17.7. The lowest BCUT2D eigenvalue weighted by molar-refractivity contribution is -0.152. The van der Waals surface area contributed by atoms with Crippen molar-refractivity contribution in [3.63, 3.8) is 0 Å². The van der Waals surface area contributed by atoms with E-state index in [1.807, 2.05) is 0 Å². The van der Waals surface area contributed by atoms with Crippen molar-refractivity contribution in [3.8, 4) is 0 Å². The number of ether oxygens (including phenoxy) is 1. The van der Waals surface area contributed by atoms with Crippen molar-refractivity contribution in [1.29, 1.82) is 0 Å². The van der Waals surface area contributed by atoms with Gasteiger partial charge in [0.1, 0.15) is 0 Å². The first-order chi connectivity index (χ1) is 11.4. The highest BCUT2D eigenvalue weighted by Gasteiger charge is 2.30. The third-order valence-electron chi connectivity index (χ3n) is 4.11. The van der Waals surface area contributed by atoms with Gasteiger partial charge in [-0.05, 0) is 44.4 Å². The molecule has 1 aliphatic heterocycles. The summed E-state index contributed by atoms with van der Waals surface area (Å²) in [5, 5.41) is 3.12. The zero-order valence-electron chi connectivity index (χ0n) is 13.8. The Labute approximate surface area is 146 Å². The van der Waals surface area contributed by atoms with Crippen LogP contribution in [-0.4, -0.2) is 42.4 Å². The van der Waals surface area contributed by atoms with Gasteiger partial charge in [-0.3, -0.25) is 14.4 Å².